The molecule has 1 N–H and O–H groups in total. The second kappa shape index (κ2) is 5.83. The lowest BCUT2D eigenvalue weighted by Crippen LogP contribution is -2.10. The molecule has 0 spiro atoms. The van der Waals surface area contributed by atoms with Crippen LogP contribution in [0.25, 0.3) is 0 Å². The summed E-state index contributed by atoms with van der Waals surface area (Å²) in [5.74, 6) is 0.815. The van der Waals surface area contributed by atoms with E-state index in [1.54, 1.807) is 11.8 Å². The van der Waals surface area contributed by atoms with Crippen molar-refractivity contribution in [2.45, 2.75) is 43.9 Å². The number of H-pyrrole nitrogens is 1. The summed E-state index contributed by atoms with van der Waals surface area (Å²) < 4.78 is 0. The minimum Gasteiger partial charge on any atom is -0.298 e. The van der Waals surface area contributed by atoms with Gasteiger partial charge in [0, 0.05) is 11.4 Å². The monoisotopic (exact) mass is 288 g/mol. The number of hydrogen-bond donors (Lipinski definition) is 1. The number of nitrogens with zero attached hydrogens (tertiary/aromatic N) is 1. The summed E-state index contributed by atoms with van der Waals surface area (Å²) in [5, 5.41) is 7.79. The molecule has 0 aliphatic rings. The number of aromatic nitrogens is 2. The van der Waals surface area contributed by atoms with Crippen LogP contribution in [0.2, 0.25) is 0 Å². The van der Waals surface area contributed by atoms with Gasteiger partial charge in [0.05, 0.1) is 5.56 Å². The Balaban J connectivity index is 2.06. The van der Waals surface area contributed by atoms with E-state index in [-0.39, 0.29) is 5.41 Å². The van der Waals surface area contributed by atoms with Gasteiger partial charge in [-0.15, -0.1) is 0 Å². The Kier molecular flexibility index (Phi) is 4.33. The highest BCUT2D eigenvalue weighted by Gasteiger charge is 2.13. The van der Waals surface area contributed by atoms with Crippen molar-refractivity contribution in [3.63, 3.8) is 0 Å². The topological polar surface area (TPSA) is 45.8 Å². The number of carbonyl (C=O) groups excluding carboxylic acids is 1. The van der Waals surface area contributed by atoms with Gasteiger partial charge in [0.15, 0.2) is 6.29 Å². The molecule has 1 aromatic carbocycles. The Hall–Kier alpha value is -1.55. The van der Waals surface area contributed by atoms with Crippen LogP contribution in [0.3, 0.4) is 0 Å². The molecule has 2 rings (SSSR count). The summed E-state index contributed by atoms with van der Waals surface area (Å²) in [6.07, 6.45) is 0.865. The number of benzene rings is 1. The molecular formula is C16H20N2OS. The van der Waals surface area contributed by atoms with Crippen LogP contribution in [0, 0.1) is 6.92 Å². The van der Waals surface area contributed by atoms with Crippen LogP contribution >= 0.6 is 11.8 Å². The van der Waals surface area contributed by atoms with Crippen molar-refractivity contribution in [1.82, 2.24) is 10.2 Å². The van der Waals surface area contributed by atoms with Crippen molar-refractivity contribution in [3.8, 4) is 0 Å². The van der Waals surface area contributed by atoms with E-state index >= 15 is 0 Å². The number of aryl methyl sites for hydroxylation is 1. The summed E-state index contributed by atoms with van der Waals surface area (Å²) >= 11 is 1.59. The fourth-order valence-corrected chi connectivity index (χ4v) is 2.88. The van der Waals surface area contributed by atoms with Gasteiger partial charge in [-0.05, 0) is 23.5 Å². The second-order valence-electron chi connectivity index (χ2n) is 5.92. The molecule has 0 fully saturated rings. The van der Waals surface area contributed by atoms with Gasteiger partial charge in [-0.2, -0.15) is 5.10 Å². The molecule has 0 aliphatic heterocycles. The third kappa shape index (κ3) is 3.31. The lowest BCUT2D eigenvalue weighted by Gasteiger charge is -2.19. The molecule has 106 valence electrons. The molecule has 3 nitrogen and oxygen atoms in total. The Morgan fingerprint density at radius 2 is 1.90 bits per heavy atom. The maximum Gasteiger partial charge on any atom is 0.154 e. The molecule has 20 heavy (non-hydrogen) atoms. The van der Waals surface area contributed by atoms with Crippen molar-refractivity contribution in [1.29, 1.82) is 0 Å². The number of rotatable bonds is 4. The largest absolute Gasteiger partial charge is 0.298 e. The molecule has 1 aromatic heterocycles. The Morgan fingerprint density at radius 3 is 2.45 bits per heavy atom. The molecule has 2 aromatic rings. The second-order valence-corrected chi connectivity index (χ2v) is 6.88. The Bertz CT molecular complexity index is 594. The SMILES string of the molecule is Cc1[nH]nc(SCc2ccc(C(C)(C)C)cc2)c1C=O. The van der Waals surface area contributed by atoms with Gasteiger partial charge < -0.3 is 0 Å². The van der Waals surface area contributed by atoms with Crippen molar-refractivity contribution < 1.29 is 4.79 Å². The summed E-state index contributed by atoms with van der Waals surface area (Å²) in [4.78, 5) is 11.0. The van der Waals surface area contributed by atoms with Crippen LogP contribution in [-0.2, 0) is 11.2 Å². The Labute approximate surface area is 124 Å². The van der Waals surface area contributed by atoms with Crippen LogP contribution in [-0.4, -0.2) is 16.5 Å². The van der Waals surface area contributed by atoms with E-state index in [9.17, 15) is 4.79 Å². The molecule has 0 bridgehead atoms. The number of aldehydes is 1. The molecule has 0 amide bonds. The lowest BCUT2D eigenvalue weighted by molar-refractivity contribution is 0.112. The number of aromatic amines is 1. The predicted molar refractivity (Wildman–Crippen MR) is 83.4 cm³/mol. The van der Waals surface area contributed by atoms with Crippen LogP contribution in [0.15, 0.2) is 29.3 Å². The van der Waals surface area contributed by atoms with Crippen molar-refractivity contribution in [2.24, 2.45) is 0 Å². The van der Waals surface area contributed by atoms with Crippen LogP contribution in [0.1, 0.15) is 48.0 Å². The first-order valence-corrected chi connectivity index (χ1v) is 7.62. The highest BCUT2D eigenvalue weighted by atomic mass is 32.2. The van der Waals surface area contributed by atoms with Gasteiger partial charge in [0.1, 0.15) is 5.03 Å². The van der Waals surface area contributed by atoms with E-state index in [2.05, 4.69) is 55.2 Å². The van der Waals surface area contributed by atoms with Crippen LogP contribution < -0.4 is 0 Å². The quantitative estimate of drug-likeness (QED) is 0.680. The molecule has 0 radical (unpaired) electrons. The average molecular weight is 288 g/mol. The Morgan fingerprint density at radius 1 is 1.25 bits per heavy atom. The maximum atomic E-state index is 11.0. The number of hydrogen-bond acceptors (Lipinski definition) is 3. The molecule has 0 atom stereocenters. The number of carbonyl (C=O) groups is 1. The minimum absolute atomic E-state index is 0.176. The van der Waals surface area contributed by atoms with E-state index in [4.69, 9.17) is 0 Å². The van der Waals surface area contributed by atoms with Crippen molar-refractivity contribution in [3.05, 3.63) is 46.6 Å². The first-order valence-electron chi connectivity index (χ1n) is 6.64. The first-order chi connectivity index (χ1) is 9.41. The van der Waals surface area contributed by atoms with E-state index < -0.39 is 0 Å². The minimum atomic E-state index is 0.176. The molecule has 0 unspecified atom stereocenters. The molecule has 0 saturated carbocycles. The zero-order valence-corrected chi connectivity index (χ0v) is 13.2. The van der Waals surface area contributed by atoms with Gasteiger partial charge in [-0.1, -0.05) is 56.8 Å². The summed E-state index contributed by atoms with van der Waals surface area (Å²) in [6.45, 7) is 8.48. The van der Waals surface area contributed by atoms with Gasteiger partial charge in [0.2, 0.25) is 0 Å². The standard InChI is InChI=1S/C16H20N2OS/c1-11-14(9-19)15(18-17-11)20-10-12-5-7-13(8-6-12)16(2,3)4/h5-9H,10H2,1-4H3,(H,17,18). The summed E-state index contributed by atoms with van der Waals surface area (Å²) in [6, 6.07) is 8.64. The molecule has 0 aliphatic carbocycles. The summed E-state index contributed by atoms with van der Waals surface area (Å²) in [5.41, 5.74) is 4.23. The zero-order chi connectivity index (χ0) is 14.8. The number of thioether (sulfide) groups is 1. The number of nitrogens with one attached hydrogen (secondary N) is 1. The van der Waals surface area contributed by atoms with Gasteiger partial charge in [0.25, 0.3) is 0 Å². The lowest BCUT2D eigenvalue weighted by atomic mass is 9.87. The van der Waals surface area contributed by atoms with Crippen molar-refractivity contribution in [2.75, 3.05) is 0 Å². The van der Waals surface area contributed by atoms with Crippen LogP contribution in [0.5, 0.6) is 0 Å². The van der Waals surface area contributed by atoms with E-state index in [1.807, 2.05) is 6.92 Å². The fourth-order valence-electron chi connectivity index (χ4n) is 1.92. The highest BCUT2D eigenvalue weighted by molar-refractivity contribution is 7.98. The van der Waals surface area contributed by atoms with Crippen molar-refractivity contribution >= 4 is 18.0 Å². The van der Waals surface area contributed by atoms with E-state index in [1.165, 1.54) is 11.1 Å². The smallest absolute Gasteiger partial charge is 0.154 e. The fraction of sp³-hybridized carbons (Fsp3) is 0.375. The van der Waals surface area contributed by atoms with Gasteiger partial charge >= 0.3 is 0 Å². The molecular weight excluding hydrogens is 268 g/mol. The van der Waals surface area contributed by atoms with Crippen LogP contribution in [0.4, 0.5) is 0 Å². The summed E-state index contributed by atoms with van der Waals surface area (Å²) in [7, 11) is 0. The molecule has 0 saturated heterocycles. The van der Waals surface area contributed by atoms with Gasteiger partial charge in [-0.25, -0.2) is 0 Å². The maximum absolute atomic E-state index is 11.0. The van der Waals surface area contributed by atoms with Gasteiger partial charge in [-0.3, -0.25) is 9.89 Å². The average Bonchev–Trinajstić information content (AvgIpc) is 2.76. The predicted octanol–water partition coefficient (Wildman–Crippen LogP) is 4.12. The third-order valence-corrected chi connectivity index (χ3v) is 4.34. The molecule has 1 heterocycles. The molecule has 4 heteroatoms. The van der Waals surface area contributed by atoms with E-state index in [0.29, 0.717) is 5.56 Å². The first kappa shape index (κ1) is 14.9. The highest BCUT2D eigenvalue weighted by Crippen LogP contribution is 2.27. The third-order valence-electron chi connectivity index (χ3n) is 3.27. The normalized spacial score (nSPS) is 11.6. The van der Waals surface area contributed by atoms with E-state index in [0.717, 1.165) is 22.8 Å². The zero-order valence-electron chi connectivity index (χ0n) is 12.4.